The number of nitrogens with zero attached hydrogens (tertiary/aromatic N) is 1. The van der Waals surface area contributed by atoms with Crippen LogP contribution in [0.4, 0.5) is 4.39 Å². The first-order valence-corrected chi connectivity index (χ1v) is 5.33. The highest BCUT2D eigenvalue weighted by atomic mass is 19.1. The molecule has 1 aromatic rings. The number of halogens is 1. The summed E-state index contributed by atoms with van der Waals surface area (Å²) in [6, 6.07) is 5.57. The van der Waals surface area contributed by atoms with Gasteiger partial charge in [0.15, 0.2) is 6.61 Å². The molecule has 0 saturated heterocycles. The summed E-state index contributed by atoms with van der Waals surface area (Å²) in [7, 11) is 0. The van der Waals surface area contributed by atoms with Gasteiger partial charge in [-0.3, -0.25) is 4.79 Å². The predicted octanol–water partition coefficient (Wildman–Crippen LogP) is 0.727. The molecule has 6 heteroatoms. The third-order valence-electron chi connectivity index (χ3n) is 2.11. The second-order valence-corrected chi connectivity index (χ2v) is 3.46. The molecule has 1 aromatic carbocycles. The van der Waals surface area contributed by atoms with E-state index in [0.29, 0.717) is 0 Å². The van der Waals surface area contributed by atoms with Gasteiger partial charge < -0.3 is 15.2 Å². The van der Waals surface area contributed by atoms with Crippen LogP contribution >= 0.6 is 0 Å². The fourth-order valence-electron chi connectivity index (χ4n) is 1.26. The van der Waals surface area contributed by atoms with E-state index in [2.05, 4.69) is 5.32 Å². The van der Waals surface area contributed by atoms with Crippen molar-refractivity contribution in [2.24, 2.45) is 0 Å². The summed E-state index contributed by atoms with van der Waals surface area (Å²) < 4.78 is 18.0. The molecule has 5 nitrogen and oxygen atoms in total. The molecule has 0 aliphatic carbocycles. The lowest BCUT2D eigenvalue weighted by molar-refractivity contribution is -0.123. The highest BCUT2D eigenvalue weighted by molar-refractivity contribution is 5.77. The van der Waals surface area contributed by atoms with Gasteiger partial charge in [0.05, 0.1) is 19.1 Å². The molecule has 1 amide bonds. The van der Waals surface area contributed by atoms with Crippen molar-refractivity contribution < 1.29 is 19.0 Å². The molecule has 0 heterocycles. The van der Waals surface area contributed by atoms with Gasteiger partial charge in [-0.1, -0.05) is 0 Å². The number of carbonyl (C=O) groups excluding carboxylic acids is 1. The fraction of sp³-hybridized carbons (Fsp3) is 0.333. The SMILES string of the molecule is N#CCCNC(=O)COc1ccc(F)cc1CO. The summed E-state index contributed by atoms with van der Waals surface area (Å²) in [5.41, 5.74) is 0.278. The monoisotopic (exact) mass is 252 g/mol. The Morgan fingerprint density at radius 3 is 3.00 bits per heavy atom. The number of hydrogen-bond acceptors (Lipinski definition) is 4. The van der Waals surface area contributed by atoms with E-state index in [1.54, 1.807) is 0 Å². The van der Waals surface area contributed by atoms with Crippen molar-refractivity contribution in [2.45, 2.75) is 13.0 Å². The largest absolute Gasteiger partial charge is 0.483 e. The highest BCUT2D eigenvalue weighted by Gasteiger charge is 2.07. The number of hydrogen-bond donors (Lipinski definition) is 2. The summed E-state index contributed by atoms with van der Waals surface area (Å²) in [6.45, 7) is -0.359. The number of aliphatic hydroxyl groups is 1. The Morgan fingerprint density at radius 1 is 1.56 bits per heavy atom. The summed E-state index contributed by atoms with van der Waals surface area (Å²) in [6.07, 6.45) is 0.226. The number of benzene rings is 1. The molecule has 96 valence electrons. The smallest absolute Gasteiger partial charge is 0.257 e. The molecule has 0 aliphatic heterocycles. The number of nitrogens with one attached hydrogen (secondary N) is 1. The van der Waals surface area contributed by atoms with Crippen molar-refractivity contribution in [3.8, 4) is 11.8 Å². The summed E-state index contributed by atoms with van der Waals surface area (Å²) in [5, 5.41) is 19.8. The maximum atomic E-state index is 12.9. The number of aliphatic hydroxyl groups excluding tert-OH is 1. The Labute approximate surface area is 104 Å². The van der Waals surface area contributed by atoms with Gasteiger partial charge in [0.1, 0.15) is 11.6 Å². The second-order valence-electron chi connectivity index (χ2n) is 3.46. The van der Waals surface area contributed by atoms with E-state index >= 15 is 0 Å². The molecule has 0 bridgehead atoms. The molecular weight excluding hydrogens is 239 g/mol. The first-order valence-electron chi connectivity index (χ1n) is 5.33. The zero-order chi connectivity index (χ0) is 13.4. The first-order chi connectivity index (χ1) is 8.67. The Hall–Kier alpha value is -2.13. The molecule has 0 spiro atoms. The van der Waals surface area contributed by atoms with Crippen LogP contribution in [0.25, 0.3) is 0 Å². The number of rotatable bonds is 6. The molecule has 2 N–H and O–H groups in total. The maximum absolute atomic E-state index is 12.9. The van der Waals surface area contributed by atoms with Crippen LogP contribution in [-0.2, 0) is 11.4 Å². The van der Waals surface area contributed by atoms with Gasteiger partial charge in [0.25, 0.3) is 5.91 Å². The van der Waals surface area contributed by atoms with Crippen LogP contribution < -0.4 is 10.1 Å². The zero-order valence-corrected chi connectivity index (χ0v) is 9.65. The molecule has 0 atom stereocenters. The van der Waals surface area contributed by atoms with Crippen LogP contribution in [0.5, 0.6) is 5.75 Å². The summed E-state index contributed by atoms with van der Waals surface area (Å²) >= 11 is 0. The van der Waals surface area contributed by atoms with Crippen molar-refractivity contribution >= 4 is 5.91 Å². The van der Waals surface area contributed by atoms with Crippen molar-refractivity contribution in [1.82, 2.24) is 5.32 Å². The van der Waals surface area contributed by atoms with E-state index in [9.17, 15) is 9.18 Å². The van der Waals surface area contributed by atoms with Gasteiger partial charge in [-0.15, -0.1) is 0 Å². The Balaban J connectivity index is 2.48. The lowest BCUT2D eigenvalue weighted by Crippen LogP contribution is -2.29. The quantitative estimate of drug-likeness (QED) is 0.731. The third-order valence-corrected chi connectivity index (χ3v) is 2.11. The normalized spacial score (nSPS) is 9.61. The number of ether oxygens (including phenoxy) is 1. The average Bonchev–Trinajstić information content (AvgIpc) is 2.37. The first kappa shape index (κ1) is 13.9. The van der Waals surface area contributed by atoms with Crippen molar-refractivity contribution in [3.05, 3.63) is 29.6 Å². The average molecular weight is 252 g/mol. The van der Waals surface area contributed by atoms with E-state index in [0.717, 1.165) is 6.07 Å². The predicted molar refractivity (Wildman–Crippen MR) is 61.1 cm³/mol. The maximum Gasteiger partial charge on any atom is 0.257 e. The molecule has 0 fully saturated rings. The minimum atomic E-state index is -0.482. The van der Waals surface area contributed by atoms with Crippen molar-refractivity contribution in [2.75, 3.05) is 13.2 Å². The van der Waals surface area contributed by atoms with Crippen LogP contribution in [0.1, 0.15) is 12.0 Å². The second kappa shape index (κ2) is 7.25. The van der Waals surface area contributed by atoms with Gasteiger partial charge in [-0.25, -0.2) is 4.39 Å². The van der Waals surface area contributed by atoms with E-state index in [1.165, 1.54) is 12.1 Å². The Bertz CT molecular complexity index is 457. The van der Waals surface area contributed by atoms with Gasteiger partial charge >= 0.3 is 0 Å². The minimum absolute atomic E-state index is 0.226. The van der Waals surface area contributed by atoms with Crippen LogP contribution in [-0.4, -0.2) is 24.2 Å². The molecule has 0 aliphatic rings. The number of amides is 1. The van der Waals surface area contributed by atoms with E-state index in [4.69, 9.17) is 15.1 Å². The van der Waals surface area contributed by atoms with Gasteiger partial charge in [-0.05, 0) is 18.2 Å². The molecular formula is C12H13FN2O3. The zero-order valence-electron chi connectivity index (χ0n) is 9.65. The topological polar surface area (TPSA) is 82.4 Å². The van der Waals surface area contributed by atoms with E-state index < -0.39 is 5.82 Å². The van der Waals surface area contributed by atoms with E-state index in [1.807, 2.05) is 6.07 Å². The number of nitriles is 1. The lowest BCUT2D eigenvalue weighted by atomic mass is 10.2. The summed E-state index contributed by atoms with van der Waals surface area (Å²) in [5.74, 6) is -0.599. The van der Waals surface area contributed by atoms with Crippen molar-refractivity contribution in [3.63, 3.8) is 0 Å². The van der Waals surface area contributed by atoms with Crippen LogP contribution in [0.2, 0.25) is 0 Å². The van der Waals surface area contributed by atoms with Gasteiger partial charge in [0.2, 0.25) is 0 Å². The standard InChI is InChI=1S/C12H13FN2O3/c13-10-2-3-11(9(6-10)7-16)18-8-12(17)15-5-1-4-14/h2-3,6,16H,1,5,7-8H2,(H,15,17). The summed E-state index contributed by atoms with van der Waals surface area (Å²) in [4.78, 5) is 11.3. The number of carbonyl (C=O) groups is 1. The van der Waals surface area contributed by atoms with Gasteiger partial charge in [0, 0.05) is 12.1 Å². The minimum Gasteiger partial charge on any atom is -0.483 e. The van der Waals surface area contributed by atoms with Crippen LogP contribution in [0, 0.1) is 17.1 Å². The molecule has 0 aromatic heterocycles. The van der Waals surface area contributed by atoms with Crippen LogP contribution in [0.15, 0.2) is 18.2 Å². The molecule has 0 radical (unpaired) electrons. The van der Waals surface area contributed by atoms with Crippen molar-refractivity contribution in [1.29, 1.82) is 5.26 Å². The third kappa shape index (κ3) is 4.39. The van der Waals surface area contributed by atoms with Gasteiger partial charge in [-0.2, -0.15) is 5.26 Å². The Morgan fingerprint density at radius 2 is 2.33 bits per heavy atom. The molecule has 0 saturated carbocycles. The molecule has 18 heavy (non-hydrogen) atoms. The lowest BCUT2D eigenvalue weighted by Gasteiger charge is -2.09. The highest BCUT2D eigenvalue weighted by Crippen LogP contribution is 2.19. The van der Waals surface area contributed by atoms with E-state index in [-0.39, 0.29) is 43.4 Å². The van der Waals surface area contributed by atoms with Crippen LogP contribution in [0.3, 0.4) is 0 Å². The Kier molecular flexibility index (Phi) is 5.61. The molecule has 1 rings (SSSR count). The fourth-order valence-corrected chi connectivity index (χ4v) is 1.26. The molecule has 0 unspecified atom stereocenters.